The van der Waals surface area contributed by atoms with E-state index >= 15 is 0 Å². The molecule has 1 aliphatic rings. The topological polar surface area (TPSA) is 24.9 Å². The van der Waals surface area contributed by atoms with Crippen molar-refractivity contribution in [3.8, 4) is 5.75 Å². The summed E-state index contributed by atoms with van der Waals surface area (Å²) in [5.41, 5.74) is 1.20. The van der Waals surface area contributed by atoms with Gasteiger partial charge in [-0.15, -0.1) is 0 Å². The van der Waals surface area contributed by atoms with Crippen molar-refractivity contribution in [2.45, 2.75) is 0 Å². The van der Waals surface area contributed by atoms with E-state index in [0.717, 1.165) is 57.4 Å². The standard InChI is InChI=1S/C15H24N2O2S/c1-18-15-5-3-2-4-14(15)17-8-6-16(7-9-17)10-11-19-12-13-20/h2-5,20H,6-13H2,1H3. The Hall–Kier alpha value is -0.910. The van der Waals surface area contributed by atoms with Crippen LogP contribution in [0.1, 0.15) is 0 Å². The second-order valence-corrected chi connectivity index (χ2v) is 5.28. The van der Waals surface area contributed by atoms with Crippen molar-refractivity contribution in [1.29, 1.82) is 0 Å². The van der Waals surface area contributed by atoms with Gasteiger partial charge in [-0.2, -0.15) is 12.6 Å². The van der Waals surface area contributed by atoms with E-state index in [1.54, 1.807) is 7.11 Å². The highest BCUT2D eigenvalue weighted by molar-refractivity contribution is 7.80. The van der Waals surface area contributed by atoms with Crippen LogP contribution in [0, 0.1) is 0 Å². The fraction of sp³-hybridized carbons (Fsp3) is 0.600. The molecule has 1 aliphatic heterocycles. The van der Waals surface area contributed by atoms with Gasteiger partial charge in [0.25, 0.3) is 0 Å². The molecule has 112 valence electrons. The maximum Gasteiger partial charge on any atom is 0.142 e. The average molecular weight is 296 g/mol. The van der Waals surface area contributed by atoms with Crippen LogP contribution in [0.25, 0.3) is 0 Å². The molecule has 0 aliphatic carbocycles. The molecule has 1 saturated heterocycles. The molecule has 0 spiro atoms. The van der Waals surface area contributed by atoms with Crippen molar-refractivity contribution in [1.82, 2.24) is 4.90 Å². The van der Waals surface area contributed by atoms with Crippen LogP contribution in [0.2, 0.25) is 0 Å². The minimum atomic E-state index is 0.740. The Bertz CT molecular complexity index is 395. The van der Waals surface area contributed by atoms with Gasteiger partial charge in [0.15, 0.2) is 0 Å². The number of benzene rings is 1. The lowest BCUT2D eigenvalue weighted by atomic mass is 10.2. The summed E-state index contributed by atoms with van der Waals surface area (Å²) in [6, 6.07) is 8.23. The quantitative estimate of drug-likeness (QED) is 0.612. The highest BCUT2D eigenvalue weighted by Gasteiger charge is 2.18. The number of ether oxygens (including phenoxy) is 2. The molecule has 0 saturated carbocycles. The molecular formula is C15H24N2O2S. The first kappa shape index (κ1) is 15.5. The maximum absolute atomic E-state index is 5.48. The van der Waals surface area contributed by atoms with Crippen LogP contribution in [0.15, 0.2) is 24.3 Å². The third kappa shape index (κ3) is 4.30. The van der Waals surface area contributed by atoms with Crippen LogP contribution < -0.4 is 9.64 Å². The van der Waals surface area contributed by atoms with Gasteiger partial charge in [0.2, 0.25) is 0 Å². The first-order chi connectivity index (χ1) is 9.85. The minimum absolute atomic E-state index is 0.740. The van der Waals surface area contributed by atoms with Crippen molar-refractivity contribution in [3.05, 3.63) is 24.3 Å². The largest absolute Gasteiger partial charge is 0.495 e. The Morgan fingerprint density at radius 1 is 1.10 bits per heavy atom. The van der Waals surface area contributed by atoms with E-state index in [2.05, 4.69) is 34.6 Å². The van der Waals surface area contributed by atoms with Crippen molar-refractivity contribution in [2.24, 2.45) is 0 Å². The Morgan fingerprint density at radius 2 is 1.85 bits per heavy atom. The summed E-state index contributed by atoms with van der Waals surface area (Å²) in [6.07, 6.45) is 0. The van der Waals surface area contributed by atoms with Gasteiger partial charge in [0, 0.05) is 38.5 Å². The molecule has 1 fully saturated rings. The van der Waals surface area contributed by atoms with Gasteiger partial charge in [0.05, 0.1) is 26.0 Å². The Balaban J connectivity index is 1.79. The number of para-hydroxylation sites is 2. The summed E-state index contributed by atoms with van der Waals surface area (Å²) in [6.45, 7) is 6.76. The molecule has 0 amide bonds. The molecular weight excluding hydrogens is 272 g/mol. The first-order valence-electron chi connectivity index (χ1n) is 7.14. The molecule has 1 aromatic rings. The van der Waals surface area contributed by atoms with Crippen LogP contribution >= 0.6 is 12.6 Å². The zero-order valence-electron chi connectivity index (χ0n) is 12.1. The van der Waals surface area contributed by atoms with Crippen LogP contribution in [-0.4, -0.2) is 63.7 Å². The molecule has 0 N–H and O–H groups in total. The molecule has 0 unspecified atom stereocenters. The van der Waals surface area contributed by atoms with Crippen molar-refractivity contribution in [3.63, 3.8) is 0 Å². The van der Waals surface area contributed by atoms with E-state index in [1.165, 1.54) is 5.69 Å². The van der Waals surface area contributed by atoms with Crippen LogP contribution in [-0.2, 0) is 4.74 Å². The van der Waals surface area contributed by atoms with Gasteiger partial charge in [-0.25, -0.2) is 0 Å². The van der Waals surface area contributed by atoms with Gasteiger partial charge in [-0.3, -0.25) is 4.90 Å². The lowest BCUT2D eigenvalue weighted by Crippen LogP contribution is -2.47. The highest BCUT2D eigenvalue weighted by atomic mass is 32.1. The molecule has 4 nitrogen and oxygen atoms in total. The average Bonchev–Trinajstić information content (AvgIpc) is 2.52. The lowest BCUT2D eigenvalue weighted by Gasteiger charge is -2.36. The fourth-order valence-corrected chi connectivity index (χ4v) is 2.59. The number of hydrogen-bond donors (Lipinski definition) is 1. The lowest BCUT2D eigenvalue weighted by molar-refractivity contribution is 0.113. The van der Waals surface area contributed by atoms with Crippen LogP contribution in [0.4, 0.5) is 5.69 Å². The SMILES string of the molecule is COc1ccccc1N1CCN(CCOCCS)CC1. The molecule has 1 heterocycles. The predicted molar refractivity (Wildman–Crippen MR) is 86.3 cm³/mol. The molecule has 0 aromatic heterocycles. The van der Waals surface area contributed by atoms with Crippen molar-refractivity contribution < 1.29 is 9.47 Å². The van der Waals surface area contributed by atoms with E-state index in [1.807, 2.05) is 12.1 Å². The molecule has 2 rings (SSSR count). The zero-order chi connectivity index (χ0) is 14.2. The summed E-state index contributed by atoms with van der Waals surface area (Å²) in [4.78, 5) is 4.84. The van der Waals surface area contributed by atoms with E-state index in [-0.39, 0.29) is 0 Å². The number of piperazine rings is 1. The molecule has 1 aromatic carbocycles. The van der Waals surface area contributed by atoms with Gasteiger partial charge >= 0.3 is 0 Å². The molecule has 5 heteroatoms. The van der Waals surface area contributed by atoms with Crippen LogP contribution in [0.5, 0.6) is 5.75 Å². The number of thiol groups is 1. The van der Waals surface area contributed by atoms with E-state index < -0.39 is 0 Å². The summed E-state index contributed by atoms with van der Waals surface area (Å²) < 4.78 is 10.9. The summed E-state index contributed by atoms with van der Waals surface area (Å²) in [7, 11) is 1.73. The Kier molecular flexibility index (Phi) is 6.50. The van der Waals surface area contributed by atoms with E-state index in [9.17, 15) is 0 Å². The predicted octanol–water partition coefficient (Wildman–Crippen LogP) is 1.76. The first-order valence-corrected chi connectivity index (χ1v) is 7.77. The Labute approximate surface area is 127 Å². The number of nitrogens with zero attached hydrogens (tertiary/aromatic N) is 2. The molecule has 20 heavy (non-hydrogen) atoms. The van der Waals surface area contributed by atoms with Gasteiger partial charge < -0.3 is 14.4 Å². The third-order valence-corrected chi connectivity index (χ3v) is 3.77. The Morgan fingerprint density at radius 3 is 2.55 bits per heavy atom. The number of hydrogen-bond acceptors (Lipinski definition) is 5. The molecule has 0 bridgehead atoms. The number of methoxy groups -OCH3 is 1. The van der Waals surface area contributed by atoms with E-state index in [0.29, 0.717) is 0 Å². The third-order valence-electron chi connectivity index (χ3n) is 3.59. The second-order valence-electron chi connectivity index (χ2n) is 4.84. The second kappa shape index (κ2) is 8.39. The molecule has 0 atom stereocenters. The monoisotopic (exact) mass is 296 g/mol. The smallest absolute Gasteiger partial charge is 0.142 e. The summed E-state index contributed by atoms with van der Waals surface area (Å²) in [5.74, 6) is 1.75. The maximum atomic E-state index is 5.48. The van der Waals surface area contributed by atoms with Crippen molar-refractivity contribution in [2.75, 3.05) is 63.7 Å². The normalized spacial score (nSPS) is 16.4. The number of anilines is 1. The van der Waals surface area contributed by atoms with Gasteiger partial charge in [-0.1, -0.05) is 12.1 Å². The fourth-order valence-electron chi connectivity index (χ4n) is 2.46. The van der Waals surface area contributed by atoms with Crippen LogP contribution in [0.3, 0.4) is 0 Å². The van der Waals surface area contributed by atoms with Gasteiger partial charge in [0.1, 0.15) is 5.75 Å². The number of rotatable bonds is 7. The summed E-state index contributed by atoms with van der Waals surface area (Å²) in [5, 5.41) is 0. The summed E-state index contributed by atoms with van der Waals surface area (Å²) >= 11 is 4.13. The van der Waals surface area contributed by atoms with Crippen molar-refractivity contribution >= 4 is 18.3 Å². The highest BCUT2D eigenvalue weighted by Crippen LogP contribution is 2.28. The minimum Gasteiger partial charge on any atom is -0.495 e. The van der Waals surface area contributed by atoms with E-state index in [4.69, 9.17) is 9.47 Å². The molecule has 0 radical (unpaired) electrons. The zero-order valence-corrected chi connectivity index (χ0v) is 13.0. The van der Waals surface area contributed by atoms with Gasteiger partial charge in [-0.05, 0) is 12.1 Å².